The van der Waals surface area contributed by atoms with Gasteiger partial charge in [-0.2, -0.15) is 0 Å². The second-order valence-corrected chi connectivity index (χ2v) is 9.28. The lowest BCUT2D eigenvalue weighted by Gasteiger charge is -2.03. The van der Waals surface area contributed by atoms with Crippen molar-refractivity contribution >= 4 is 24.9 Å². The molecule has 4 N–H and O–H groups in total. The Hall–Kier alpha value is -5.24. The van der Waals surface area contributed by atoms with Crippen LogP contribution >= 0.6 is 0 Å². The summed E-state index contributed by atoms with van der Waals surface area (Å²) < 4.78 is 0. The maximum Gasteiger partial charge on any atom is 0.124 e. The number of rotatable bonds is 11. The molecular formula is C34H36N4O4. The summed E-state index contributed by atoms with van der Waals surface area (Å²) in [6.07, 6.45) is 7.44. The molecule has 0 saturated heterocycles. The molecule has 0 aliphatic heterocycles. The van der Waals surface area contributed by atoms with E-state index in [2.05, 4.69) is 20.0 Å². The highest BCUT2D eigenvalue weighted by molar-refractivity contribution is 5.85. The lowest BCUT2D eigenvalue weighted by Crippen LogP contribution is -2.04. The third-order valence-electron chi connectivity index (χ3n) is 5.85. The number of phenols is 4. The van der Waals surface area contributed by atoms with Gasteiger partial charge in [0.2, 0.25) is 0 Å². The Morgan fingerprint density at radius 3 is 1.21 bits per heavy atom. The number of aliphatic imine (C=N–C) groups is 4. The van der Waals surface area contributed by atoms with Gasteiger partial charge in [0.05, 0.1) is 12.6 Å². The first-order valence-electron chi connectivity index (χ1n) is 13.6. The lowest BCUT2D eigenvalue weighted by atomic mass is 10.2. The largest absolute Gasteiger partial charge is 0.507 e. The number of nitrogens with zero attached hydrogens (tertiary/aromatic N) is 4. The second-order valence-electron chi connectivity index (χ2n) is 9.28. The zero-order valence-electron chi connectivity index (χ0n) is 23.5. The number of benzene rings is 4. The molecule has 0 amide bonds. The SMILES string of the molecule is CC(CN=Cc1ccccc1O)N=Cc1ccccc1O.Oc1ccccc1C=NCCCN=Cc1ccccc1O. The number of phenolic OH excluding ortho intramolecular Hbond substituents is 4. The molecule has 42 heavy (non-hydrogen) atoms. The average Bonchev–Trinajstić information content (AvgIpc) is 2.99. The summed E-state index contributed by atoms with van der Waals surface area (Å²) in [6, 6.07) is 28.3. The van der Waals surface area contributed by atoms with Crippen LogP contribution in [0.1, 0.15) is 35.6 Å². The van der Waals surface area contributed by atoms with E-state index in [0.717, 1.165) is 17.5 Å². The number of hydrogen-bond donors (Lipinski definition) is 4. The highest BCUT2D eigenvalue weighted by Gasteiger charge is 2.00. The molecule has 0 aliphatic rings. The minimum atomic E-state index is -0.00767. The van der Waals surface area contributed by atoms with Crippen molar-refractivity contribution < 1.29 is 20.4 Å². The Morgan fingerprint density at radius 2 is 0.833 bits per heavy atom. The van der Waals surface area contributed by atoms with Crippen LogP contribution in [-0.4, -0.2) is 71.0 Å². The minimum Gasteiger partial charge on any atom is -0.507 e. The minimum absolute atomic E-state index is 0.00767. The first-order chi connectivity index (χ1) is 20.4. The third-order valence-corrected chi connectivity index (χ3v) is 5.85. The predicted molar refractivity (Wildman–Crippen MR) is 171 cm³/mol. The van der Waals surface area contributed by atoms with Gasteiger partial charge in [0.1, 0.15) is 23.0 Å². The normalized spacial score (nSPS) is 12.2. The molecule has 8 heteroatoms. The van der Waals surface area contributed by atoms with Gasteiger partial charge in [0.25, 0.3) is 0 Å². The summed E-state index contributed by atoms with van der Waals surface area (Å²) in [5.74, 6) is 0.899. The van der Waals surface area contributed by atoms with Crippen molar-refractivity contribution in [1.82, 2.24) is 0 Å². The molecule has 4 aromatic carbocycles. The number of hydrogen-bond acceptors (Lipinski definition) is 8. The Balaban J connectivity index is 0.000000230. The highest BCUT2D eigenvalue weighted by atomic mass is 16.3. The first-order valence-corrected chi connectivity index (χ1v) is 13.6. The number of aromatic hydroxyl groups is 4. The van der Waals surface area contributed by atoms with Gasteiger partial charge in [-0.15, -0.1) is 0 Å². The Kier molecular flexibility index (Phi) is 13.0. The van der Waals surface area contributed by atoms with Gasteiger partial charge >= 0.3 is 0 Å². The molecule has 4 aromatic rings. The maximum absolute atomic E-state index is 9.63. The molecule has 0 heterocycles. The van der Waals surface area contributed by atoms with E-state index in [-0.39, 0.29) is 29.0 Å². The fourth-order valence-electron chi connectivity index (χ4n) is 3.52. The van der Waals surface area contributed by atoms with E-state index in [1.165, 1.54) is 0 Å². The van der Waals surface area contributed by atoms with Gasteiger partial charge in [0, 0.05) is 60.2 Å². The molecular weight excluding hydrogens is 528 g/mol. The molecule has 0 radical (unpaired) electrons. The van der Waals surface area contributed by atoms with E-state index >= 15 is 0 Å². The summed E-state index contributed by atoms with van der Waals surface area (Å²) in [5, 5.41) is 38.4. The van der Waals surface area contributed by atoms with Gasteiger partial charge in [-0.1, -0.05) is 48.5 Å². The standard InChI is InChI=1S/2C17H18N2O2/c1-13(19-12-15-7-3-5-9-17(15)21)10-18-11-14-6-2-4-8-16(14)20;20-16-8-3-1-6-14(16)12-18-10-5-11-19-13-15-7-2-4-9-17(15)21/h2-9,11-13,20-21H,10H2,1H3;1-4,6-9,12-13,20-21H,5,10-11H2. The van der Waals surface area contributed by atoms with Gasteiger partial charge in [-0.25, -0.2) is 0 Å². The van der Waals surface area contributed by atoms with Crippen LogP contribution in [0, 0.1) is 0 Å². The van der Waals surface area contributed by atoms with Crippen LogP contribution < -0.4 is 0 Å². The van der Waals surface area contributed by atoms with Gasteiger partial charge in [-0.05, 0) is 61.9 Å². The smallest absolute Gasteiger partial charge is 0.124 e. The van der Waals surface area contributed by atoms with Crippen molar-refractivity contribution in [1.29, 1.82) is 0 Å². The lowest BCUT2D eigenvalue weighted by molar-refractivity contribution is 0.474. The summed E-state index contributed by atoms with van der Waals surface area (Å²) in [5.41, 5.74) is 2.81. The Morgan fingerprint density at radius 1 is 0.500 bits per heavy atom. The Bertz CT molecular complexity index is 1460. The van der Waals surface area contributed by atoms with Crippen molar-refractivity contribution in [2.45, 2.75) is 19.4 Å². The van der Waals surface area contributed by atoms with E-state index in [9.17, 15) is 20.4 Å². The van der Waals surface area contributed by atoms with Crippen LogP contribution in [0.3, 0.4) is 0 Å². The second kappa shape index (κ2) is 17.5. The summed E-state index contributed by atoms with van der Waals surface area (Å²) in [6.45, 7) is 3.75. The van der Waals surface area contributed by atoms with E-state index in [0.29, 0.717) is 30.8 Å². The van der Waals surface area contributed by atoms with Crippen LogP contribution in [-0.2, 0) is 0 Å². The monoisotopic (exact) mass is 564 g/mol. The molecule has 0 saturated carbocycles. The molecule has 216 valence electrons. The van der Waals surface area contributed by atoms with Crippen molar-refractivity contribution in [2.24, 2.45) is 20.0 Å². The van der Waals surface area contributed by atoms with Crippen LogP contribution in [0.15, 0.2) is 117 Å². The molecule has 4 rings (SSSR count). The zero-order chi connectivity index (χ0) is 30.0. The summed E-state index contributed by atoms with van der Waals surface area (Å²) >= 11 is 0. The number of para-hydroxylation sites is 4. The summed E-state index contributed by atoms with van der Waals surface area (Å²) in [4.78, 5) is 17.1. The molecule has 1 atom stereocenters. The van der Waals surface area contributed by atoms with Crippen LogP contribution in [0.4, 0.5) is 0 Å². The average molecular weight is 565 g/mol. The molecule has 8 nitrogen and oxygen atoms in total. The molecule has 0 bridgehead atoms. The zero-order valence-corrected chi connectivity index (χ0v) is 23.5. The highest BCUT2D eigenvalue weighted by Crippen LogP contribution is 2.15. The van der Waals surface area contributed by atoms with Crippen molar-refractivity contribution in [3.05, 3.63) is 119 Å². The van der Waals surface area contributed by atoms with Gasteiger partial charge in [-0.3, -0.25) is 20.0 Å². The molecule has 0 aliphatic carbocycles. The van der Waals surface area contributed by atoms with Crippen molar-refractivity contribution in [3.8, 4) is 23.0 Å². The molecule has 0 spiro atoms. The quantitative estimate of drug-likeness (QED) is 0.130. The maximum atomic E-state index is 9.63. The molecule has 1 unspecified atom stereocenters. The van der Waals surface area contributed by atoms with Crippen LogP contribution in [0.25, 0.3) is 0 Å². The predicted octanol–water partition coefficient (Wildman–Crippen LogP) is 6.05. The van der Waals surface area contributed by atoms with Crippen molar-refractivity contribution in [2.75, 3.05) is 19.6 Å². The topological polar surface area (TPSA) is 130 Å². The van der Waals surface area contributed by atoms with E-state index < -0.39 is 0 Å². The molecule has 0 aromatic heterocycles. The van der Waals surface area contributed by atoms with Crippen molar-refractivity contribution in [3.63, 3.8) is 0 Å². The van der Waals surface area contributed by atoms with Crippen LogP contribution in [0.2, 0.25) is 0 Å². The van der Waals surface area contributed by atoms with Gasteiger partial charge < -0.3 is 20.4 Å². The molecule has 0 fully saturated rings. The van der Waals surface area contributed by atoms with E-state index in [4.69, 9.17) is 0 Å². The van der Waals surface area contributed by atoms with Crippen LogP contribution in [0.5, 0.6) is 23.0 Å². The van der Waals surface area contributed by atoms with E-state index in [1.807, 2.05) is 43.3 Å². The van der Waals surface area contributed by atoms with E-state index in [1.54, 1.807) is 85.5 Å². The third kappa shape index (κ3) is 11.1. The fraction of sp³-hybridized carbons (Fsp3) is 0.176. The fourth-order valence-corrected chi connectivity index (χ4v) is 3.52. The van der Waals surface area contributed by atoms with Gasteiger partial charge in [0.15, 0.2) is 0 Å². The first kappa shape index (κ1) is 31.3. The Labute approximate surface area is 246 Å². The summed E-state index contributed by atoms with van der Waals surface area (Å²) in [7, 11) is 0.